The number of rotatable bonds is 3. The Morgan fingerprint density at radius 3 is 2.85 bits per heavy atom. The van der Waals surface area contributed by atoms with Crippen molar-refractivity contribution in [2.45, 2.75) is 22.6 Å². The zero-order chi connectivity index (χ0) is 17.9. The Balaban J connectivity index is 1.50. The first-order chi connectivity index (χ1) is 12.5. The number of hydrogen-bond acceptors (Lipinski definition) is 5. The summed E-state index contributed by atoms with van der Waals surface area (Å²) in [6.07, 6.45) is 7.13. The fourth-order valence-electron chi connectivity index (χ4n) is 4.25. The zero-order valence-electron chi connectivity index (χ0n) is 14.4. The minimum absolute atomic E-state index is 0.0264. The third-order valence-electron chi connectivity index (χ3n) is 5.48. The summed E-state index contributed by atoms with van der Waals surface area (Å²) in [5, 5.41) is 3.86. The van der Waals surface area contributed by atoms with E-state index in [0.717, 1.165) is 35.3 Å². The van der Waals surface area contributed by atoms with Gasteiger partial charge in [0.1, 0.15) is 0 Å². The highest BCUT2D eigenvalue weighted by atomic mass is 32.2. The number of furan rings is 1. The number of likely N-dealkylation sites (tertiary alicyclic amines) is 1. The van der Waals surface area contributed by atoms with Crippen LogP contribution in [-0.4, -0.2) is 41.4 Å². The van der Waals surface area contributed by atoms with Crippen molar-refractivity contribution in [1.29, 1.82) is 0 Å². The first kappa shape index (κ1) is 15.8. The lowest BCUT2D eigenvalue weighted by Gasteiger charge is -2.16. The van der Waals surface area contributed by atoms with Crippen molar-refractivity contribution in [2.75, 3.05) is 13.1 Å². The predicted octanol–water partition coefficient (Wildman–Crippen LogP) is 2.44. The largest absolute Gasteiger partial charge is 0.472 e. The van der Waals surface area contributed by atoms with Crippen LogP contribution in [0.25, 0.3) is 11.1 Å². The van der Waals surface area contributed by atoms with Crippen LogP contribution in [-0.2, 0) is 23.4 Å². The molecule has 2 aromatic heterocycles. The van der Waals surface area contributed by atoms with Crippen molar-refractivity contribution in [3.63, 3.8) is 0 Å². The van der Waals surface area contributed by atoms with Gasteiger partial charge in [-0.15, -0.1) is 0 Å². The van der Waals surface area contributed by atoms with E-state index in [0.29, 0.717) is 11.4 Å². The van der Waals surface area contributed by atoms with E-state index in [1.54, 1.807) is 23.3 Å². The molecule has 2 atom stereocenters. The van der Waals surface area contributed by atoms with Gasteiger partial charge in [0.05, 0.1) is 28.9 Å². The monoisotopic (exact) mass is 369 g/mol. The average molecular weight is 369 g/mol. The molecule has 26 heavy (non-hydrogen) atoms. The molecule has 0 bridgehead atoms. The third-order valence-corrected chi connectivity index (χ3v) is 7.74. The van der Waals surface area contributed by atoms with Crippen LogP contribution in [0.1, 0.15) is 17.0 Å². The van der Waals surface area contributed by atoms with E-state index >= 15 is 0 Å². The molecule has 0 aliphatic carbocycles. The SMILES string of the molecule is Cn1cc(-c2ccc3c(c2)[C@@H]2CN(Cc4ccoc4)C[C@H]2S3(=O)=O)cn1. The minimum atomic E-state index is -3.27. The van der Waals surface area contributed by atoms with Crippen LogP contribution in [0.5, 0.6) is 0 Å². The summed E-state index contributed by atoms with van der Waals surface area (Å²) in [5.74, 6) is 0.0264. The van der Waals surface area contributed by atoms with Gasteiger partial charge in [-0.2, -0.15) is 5.10 Å². The van der Waals surface area contributed by atoms with Crippen molar-refractivity contribution in [3.05, 3.63) is 60.3 Å². The van der Waals surface area contributed by atoms with Crippen molar-refractivity contribution < 1.29 is 12.8 Å². The third kappa shape index (κ3) is 2.34. The summed E-state index contributed by atoms with van der Waals surface area (Å²) in [6.45, 7) is 2.03. The van der Waals surface area contributed by atoms with Crippen molar-refractivity contribution >= 4 is 9.84 Å². The van der Waals surface area contributed by atoms with Gasteiger partial charge in [-0.25, -0.2) is 8.42 Å². The van der Waals surface area contributed by atoms with Gasteiger partial charge >= 0.3 is 0 Å². The average Bonchev–Trinajstić information content (AvgIpc) is 3.37. The number of sulfone groups is 1. The van der Waals surface area contributed by atoms with Gasteiger partial charge in [-0.05, 0) is 29.3 Å². The molecule has 3 aromatic rings. The molecule has 134 valence electrons. The van der Waals surface area contributed by atoms with E-state index in [4.69, 9.17) is 4.42 Å². The van der Waals surface area contributed by atoms with E-state index in [1.165, 1.54) is 0 Å². The molecule has 0 spiro atoms. The Kier molecular flexibility index (Phi) is 3.39. The topological polar surface area (TPSA) is 68.3 Å². The second-order valence-electron chi connectivity index (χ2n) is 7.17. The molecule has 0 unspecified atom stereocenters. The predicted molar refractivity (Wildman–Crippen MR) is 96.3 cm³/mol. The maximum atomic E-state index is 13.0. The molecule has 5 rings (SSSR count). The van der Waals surface area contributed by atoms with E-state index in [2.05, 4.69) is 10.00 Å². The summed E-state index contributed by atoms with van der Waals surface area (Å²) >= 11 is 0. The highest BCUT2D eigenvalue weighted by Crippen LogP contribution is 2.46. The second kappa shape index (κ2) is 5.56. The molecule has 1 saturated heterocycles. The van der Waals surface area contributed by atoms with Crippen LogP contribution >= 0.6 is 0 Å². The Hall–Kier alpha value is -2.38. The number of aryl methyl sites for hydroxylation is 1. The number of hydrogen-bond donors (Lipinski definition) is 0. The molecule has 2 aliphatic rings. The number of aromatic nitrogens is 2. The summed E-state index contributed by atoms with van der Waals surface area (Å²) in [4.78, 5) is 2.71. The van der Waals surface area contributed by atoms with Gasteiger partial charge in [0.15, 0.2) is 9.84 Å². The molecule has 0 radical (unpaired) electrons. The lowest BCUT2D eigenvalue weighted by atomic mass is 9.95. The maximum Gasteiger partial charge on any atom is 0.183 e. The van der Waals surface area contributed by atoms with Crippen LogP contribution in [0.3, 0.4) is 0 Å². The highest BCUT2D eigenvalue weighted by molar-refractivity contribution is 7.92. The first-order valence-corrected chi connectivity index (χ1v) is 10.2. The molecule has 0 N–H and O–H groups in total. The summed E-state index contributed by atoms with van der Waals surface area (Å²) in [6, 6.07) is 7.62. The highest BCUT2D eigenvalue weighted by Gasteiger charge is 2.50. The fraction of sp³-hybridized carbons (Fsp3) is 0.316. The van der Waals surface area contributed by atoms with E-state index in [9.17, 15) is 8.42 Å². The molecular formula is C19H19N3O3S. The molecular weight excluding hydrogens is 350 g/mol. The Morgan fingerprint density at radius 2 is 2.12 bits per heavy atom. The van der Waals surface area contributed by atoms with Gasteiger partial charge < -0.3 is 4.42 Å². The summed E-state index contributed by atoms with van der Waals surface area (Å²) < 4.78 is 32.9. The van der Waals surface area contributed by atoms with E-state index in [1.807, 2.05) is 37.6 Å². The summed E-state index contributed by atoms with van der Waals surface area (Å²) in [5.41, 5.74) is 4.04. The molecule has 2 aliphatic heterocycles. The van der Waals surface area contributed by atoms with Gasteiger partial charge in [0.2, 0.25) is 0 Å². The van der Waals surface area contributed by atoms with Crippen molar-refractivity contribution in [3.8, 4) is 11.1 Å². The molecule has 0 saturated carbocycles. The zero-order valence-corrected chi connectivity index (χ0v) is 15.2. The number of benzene rings is 1. The van der Waals surface area contributed by atoms with E-state index in [-0.39, 0.29) is 11.2 Å². The normalized spacial score (nSPS) is 23.9. The molecule has 0 amide bonds. The van der Waals surface area contributed by atoms with Crippen LogP contribution in [0, 0.1) is 0 Å². The van der Waals surface area contributed by atoms with Crippen LogP contribution < -0.4 is 0 Å². The Bertz CT molecular complexity index is 1070. The summed E-state index contributed by atoms with van der Waals surface area (Å²) in [7, 11) is -1.40. The first-order valence-electron chi connectivity index (χ1n) is 8.62. The number of fused-ring (bicyclic) bond motifs is 3. The molecule has 7 heteroatoms. The van der Waals surface area contributed by atoms with Gasteiger partial charge in [-0.1, -0.05) is 6.07 Å². The lowest BCUT2D eigenvalue weighted by Crippen LogP contribution is -2.25. The molecule has 1 aromatic carbocycles. The minimum Gasteiger partial charge on any atom is -0.472 e. The quantitative estimate of drug-likeness (QED) is 0.709. The molecule has 1 fully saturated rings. The smallest absolute Gasteiger partial charge is 0.183 e. The molecule has 6 nitrogen and oxygen atoms in total. The number of nitrogens with zero attached hydrogens (tertiary/aromatic N) is 3. The lowest BCUT2D eigenvalue weighted by molar-refractivity contribution is 0.324. The van der Waals surface area contributed by atoms with Crippen LogP contribution in [0.2, 0.25) is 0 Å². The molecule has 4 heterocycles. The standard InChI is InChI=1S/C19H19N3O3S/c1-21-9-15(7-20-21)14-2-3-18-16(6-14)17-10-22(8-13-4-5-25-12-13)11-19(17)26(18,23)24/h2-7,9,12,17,19H,8,10-11H2,1H3/t17-,19+/m0/s1. The second-order valence-corrected chi connectivity index (χ2v) is 9.31. The van der Waals surface area contributed by atoms with Gasteiger partial charge in [-0.3, -0.25) is 9.58 Å². The van der Waals surface area contributed by atoms with Crippen molar-refractivity contribution in [1.82, 2.24) is 14.7 Å². The Morgan fingerprint density at radius 1 is 1.23 bits per heavy atom. The van der Waals surface area contributed by atoms with Gasteiger partial charge in [0.25, 0.3) is 0 Å². The van der Waals surface area contributed by atoms with Gasteiger partial charge in [0, 0.05) is 49.9 Å². The maximum absolute atomic E-state index is 13.0. The Labute approximate surface area is 152 Å². The van der Waals surface area contributed by atoms with Crippen LogP contribution in [0.4, 0.5) is 0 Å². The van der Waals surface area contributed by atoms with Crippen molar-refractivity contribution in [2.24, 2.45) is 7.05 Å². The van der Waals surface area contributed by atoms with E-state index < -0.39 is 9.84 Å². The van der Waals surface area contributed by atoms with Crippen LogP contribution in [0.15, 0.2) is 58.5 Å². The fourth-order valence-corrected chi connectivity index (χ4v) is 6.44.